The second kappa shape index (κ2) is 4.78. The van der Waals surface area contributed by atoms with Gasteiger partial charge in [0, 0.05) is 5.92 Å². The fourth-order valence-electron chi connectivity index (χ4n) is 2.67. The third-order valence-corrected chi connectivity index (χ3v) is 3.66. The third-order valence-electron chi connectivity index (χ3n) is 3.66. The Labute approximate surface area is 116 Å². The van der Waals surface area contributed by atoms with Crippen LogP contribution in [0.2, 0.25) is 0 Å². The van der Waals surface area contributed by atoms with Gasteiger partial charge < -0.3 is 0 Å². The van der Waals surface area contributed by atoms with Crippen LogP contribution < -0.4 is 0 Å². The lowest BCUT2D eigenvalue weighted by Gasteiger charge is -2.30. The summed E-state index contributed by atoms with van der Waals surface area (Å²) in [5, 5.41) is 3.64. The quantitative estimate of drug-likeness (QED) is 0.754. The van der Waals surface area contributed by atoms with Crippen molar-refractivity contribution in [1.29, 1.82) is 0 Å². The molecule has 8 heteroatoms. The second-order valence-electron chi connectivity index (χ2n) is 4.92. The third kappa shape index (κ3) is 2.38. The molecule has 0 spiro atoms. The number of fused-ring (bicyclic) bond motifs is 1. The summed E-state index contributed by atoms with van der Waals surface area (Å²) in [5.41, 5.74) is 0.392. The number of nitrogens with zero attached hydrogens (tertiary/aromatic N) is 3. The second-order valence-corrected chi connectivity index (χ2v) is 4.92. The van der Waals surface area contributed by atoms with E-state index in [1.807, 2.05) is 0 Å². The molecule has 0 amide bonds. The Hall–Kier alpha value is -1.99. The van der Waals surface area contributed by atoms with Gasteiger partial charge in [-0.15, -0.1) is 0 Å². The van der Waals surface area contributed by atoms with E-state index in [1.54, 1.807) is 0 Å². The van der Waals surface area contributed by atoms with Crippen LogP contribution in [0.4, 0.5) is 22.0 Å². The highest BCUT2D eigenvalue weighted by atomic mass is 19.4. The van der Waals surface area contributed by atoms with Gasteiger partial charge in [0.1, 0.15) is 18.2 Å². The molecule has 1 aromatic carbocycles. The van der Waals surface area contributed by atoms with Crippen molar-refractivity contribution in [2.24, 2.45) is 0 Å². The van der Waals surface area contributed by atoms with Crippen molar-refractivity contribution in [1.82, 2.24) is 14.8 Å². The Morgan fingerprint density at radius 1 is 1.10 bits per heavy atom. The van der Waals surface area contributed by atoms with E-state index >= 15 is 0 Å². The minimum atomic E-state index is -4.42. The van der Waals surface area contributed by atoms with Crippen LogP contribution in [0, 0.1) is 11.6 Å². The molecule has 112 valence electrons. The molecule has 2 unspecified atom stereocenters. The largest absolute Gasteiger partial charge is 0.410 e. The van der Waals surface area contributed by atoms with Crippen molar-refractivity contribution in [2.45, 2.75) is 31.0 Å². The van der Waals surface area contributed by atoms with E-state index in [-0.39, 0.29) is 18.7 Å². The van der Waals surface area contributed by atoms with Gasteiger partial charge in [0.05, 0.1) is 0 Å². The highest BCUT2D eigenvalue weighted by molar-refractivity contribution is 5.28. The maximum absolute atomic E-state index is 13.3. The van der Waals surface area contributed by atoms with Gasteiger partial charge in [-0.2, -0.15) is 18.3 Å². The van der Waals surface area contributed by atoms with E-state index in [0.29, 0.717) is 5.56 Å². The lowest BCUT2D eigenvalue weighted by atomic mass is 9.88. The predicted molar refractivity (Wildman–Crippen MR) is 62.5 cm³/mol. The zero-order valence-corrected chi connectivity index (χ0v) is 10.6. The number of aromatic nitrogens is 3. The van der Waals surface area contributed by atoms with Crippen LogP contribution in [-0.4, -0.2) is 20.9 Å². The molecule has 0 saturated heterocycles. The standard InChI is InChI=1S/C13H10F5N3/c14-9-3-1-7(5-10(9)15)8-2-4-11(13(16,17)18)21-12(8)19-6-20-21/h1,3,5-6,8,11H,2,4H2. The van der Waals surface area contributed by atoms with Crippen LogP contribution >= 0.6 is 0 Å². The van der Waals surface area contributed by atoms with Gasteiger partial charge in [0.15, 0.2) is 11.6 Å². The Morgan fingerprint density at radius 3 is 2.52 bits per heavy atom. The average Bonchev–Trinajstić information content (AvgIpc) is 2.88. The van der Waals surface area contributed by atoms with Crippen LogP contribution in [0.3, 0.4) is 0 Å². The number of alkyl halides is 3. The van der Waals surface area contributed by atoms with Gasteiger partial charge in [-0.3, -0.25) is 0 Å². The topological polar surface area (TPSA) is 30.7 Å². The number of hydrogen-bond donors (Lipinski definition) is 0. The van der Waals surface area contributed by atoms with E-state index < -0.39 is 29.8 Å². The first-order valence-corrected chi connectivity index (χ1v) is 6.29. The number of rotatable bonds is 1. The molecule has 0 N–H and O–H groups in total. The molecule has 3 rings (SSSR count). The summed E-state index contributed by atoms with van der Waals surface area (Å²) in [5.74, 6) is -2.43. The van der Waals surface area contributed by atoms with Crippen LogP contribution in [-0.2, 0) is 0 Å². The molecule has 2 heterocycles. The summed E-state index contributed by atoms with van der Waals surface area (Å²) in [6, 6.07) is 1.58. The highest BCUT2D eigenvalue weighted by Gasteiger charge is 2.46. The highest BCUT2D eigenvalue weighted by Crippen LogP contribution is 2.43. The fraction of sp³-hybridized carbons (Fsp3) is 0.385. The van der Waals surface area contributed by atoms with E-state index in [2.05, 4.69) is 10.1 Å². The van der Waals surface area contributed by atoms with Crippen LogP contribution in [0.25, 0.3) is 0 Å². The molecule has 1 aromatic heterocycles. The number of hydrogen-bond acceptors (Lipinski definition) is 2. The molecular formula is C13H10F5N3. The van der Waals surface area contributed by atoms with E-state index in [1.165, 1.54) is 6.07 Å². The first-order valence-electron chi connectivity index (χ1n) is 6.29. The number of benzene rings is 1. The van der Waals surface area contributed by atoms with Gasteiger partial charge in [-0.25, -0.2) is 18.4 Å². The minimum Gasteiger partial charge on any atom is -0.237 e. The van der Waals surface area contributed by atoms with Crippen molar-refractivity contribution in [3.63, 3.8) is 0 Å². The molecule has 0 aliphatic carbocycles. The van der Waals surface area contributed by atoms with Crippen LogP contribution in [0.15, 0.2) is 24.5 Å². The van der Waals surface area contributed by atoms with Crippen molar-refractivity contribution >= 4 is 0 Å². The molecule has 21 heavy (non-hydrogen) atoms. The Balaban J connectivity index is 2.01. The Morgan fingerprint density at radius 2 is 1.86 bits per heavy atom. The Bertz CT molecular complexity index is 664. The van der Waals surface area contributed by atoms with E-state index in [0.717, 1.165) is 23.1 Å². The van der Waals surface area contributed by atoms with E-state index in [4.69, 9.17) is 0 Å². The summed E-state index contributed by atoms with van der Waals surface area (Å²) in [6.07, 6.45) is -3.40. The lowest BCUT2D eigenvalue weighted by Crippen LogP contribution is -2.33. The van der Waals surface area contributed by atoms with Gasteiger partial charge in [-0.1, -0.05) is 6.07 Å². The van der Waals surface area contributed by atoms with Crippen molar-refractivity contribution in [3.8, 4) is 0 Å². The number of halogens is 5. The molecule has 1 aliphatic heterocycles. The first-order chi connectivity index (χ1) is 9.88. The predicted octanol–water partition coefficient (Wildman–Crippen LogP) is 3.59. The smallest absolute Gasteiger partial charge is 0.237 e. The van der Waals surface area contributed by atoms with Crippen LogP contribution in [0.1, 0.15) is 36.2 Å². The SMILES string of the molecule is Fc1ccc(C2CCC(C(F)(F)F)n3ncnc32)cc1F. The molecular weight excluding hydrogens is 293 g/mol. The van der Waals surface area contributed by atoms with Crippen molar-refractivity contribution in [2.75, 3.05) is 0 Å². The fourth-order valence-corrected chi connectivity index (χ4v) is 2.67. The first kappa shape index (κ1) is 14.0. The van der Waals surface area contributed by atoms with Gasteiger partial charge >= 0.3 is 6.18 Å². The van der Waals surface area contributed by atoms with Crippen LogP contribution in [0.5, 0.6) is 0 Å². The Kier molecular flexibility index (Phi) is 3.18. The average molecular weight is 303 g/mol. The lowest BCUT2D eigenvalue weighted by molar-refractivity contribution is -0.175. The van der Waals surface area contributed by atoms with Crippen molar-refractivity contribution < 1.29 is 22.0 Å². The maximum atomic E-state index is 13.3. The van der Waals surface area contributed by atoms with Gasteiger partial charge in [0.25, 0.3) is 0 Å². The summed E-state index contributed by atoms with van der Waals surface area (Å²) >= 11 is 0. The summed E-state index contributed by atoms with van der Waals surface area (Å²) in [4.78, 5) is 3.87. The van der Waals surface area contributed by atoms with Gasteiger partial charge in [0.2, 0.25) is 0 Å². The zero-order chi connectivity index (χ0) is 15.2. The van der Waals surface area contributed by atoms with Crippen molar-refractivity contribution in [3.05, 3.63) is 47.5 Å². The summed E-state index contributed by atoms with van der Waals surface area (Å²) in [6.45, 7) is 0. The molecule has 1 aliphatic rings. The minimum absolute atomic E-state index is 0.120. The molecule has 2 atom stereocenters. The molecule has 0 radical (unpaired) electrons. The molecule has 0 saturated carbocycles. The van der Waals surface area contributed by atoms with Gasteiger partial charge in [-0.05, 0) is 30.5 Å². The molecule has 2 aromatic rings. The monoisotopic (exact) mass is 303 g/mol. The normalized spacial score (nSPS) is 22.1. The molecule has 3 nitrogen and oxygen atoms in total. The maximum Gasteiger partial charge on any atom is 0.410 e. The summed E-state index contributed by atoms with van der Waals surface area (Å²) in [7, 11) is 0. The molecule has 0 fully saturated rings. The molecule has 0 bridgehead atoms. The van der Waals surface area contributed by atoms with E-state index in [9.17, 15) is 22.0 Å². The summed E-state index contributed by atoms with van der Waals surface area (Å²) < 4.78 is 65.9. The zero-order valence-electron chi connectivity index (χ0n) is 10.6.